The molecule has 7 nitrogen and oxygen atoms in total. The second kappa shape index (κ2) is 8.17. The summed E-state index contributed by atoms with van der Waals surface area (Å²) in [4.78, 5) is 40.6. The fourth-order valence-electron chi connectivity index (χ4n) is 5.26. The van der Waals surface area contributed by atoms with Crippen molar-refractivity contribution in [3.63, 3.8) is 0 Å². The predicted octanol–water partition coefficient (Wildman–Crippen LogP) is 4.07. The lowest BCUT2D eigenvalue weighted by Gasteiger charge is -2.22. The number of Topliss-reactive ketones (excluding diaryl/α,β-unsaturated/α-hetero) is 1. The third-order valence-corrected chi connectivity index (χ3v) is 6.86. The molecule has 2 aliphatic rings. The molecule has 34 heavy (non-hydrogen) atoms. The number of hydrogen-bond donors (Lipinski definition) is 1. The maximum absolute atomic E-state index is 13.4. The van der Waals surface area contributed by atoms with Crippen LogP contribution in [0, 0.1) is 13.8 Å². The van der Waals surface area contributed by atoms with E-state index in [2.05, 4.69) is 5.32 Å². The number of ether oxygens (including phenoxy) is 1. The number of amides is 3. The molecular formula is C27H27N3O4. The first-order valence-corrected chi connectivity index (χ1v) is 11.5. The summed E-state index contributed by atoms with van der Waals surface area (Å²) in [6, 6.07) is 16.6. The highest BCUT2D eigenvalue weighted by Crippen LogP contribution is 2.41. The lowest BCUT2D eigenvalue weighted by molar-refractivity contribution is -0.131. The van der Waals surface area contributed by atoms with E-state index in [4.69, 9.17) is 4.74 Å². The summed E-state index contributed by atoms with van der Waals surface area (Å²) in [5, 5.41) is 2.88. The van der Waals surface area contributed by atoms with Gasteiger partial charge in [-0.25, -0.2) is 4.79 Å². The number of carbonyl (C=O) groups excluding carboxylic acids is 3. The second-order valence-electron chi connectivity index (χ2n) is 8.85. The number of carbonyl (C=O) groups is 3. The lowest BCUT2D eigenvalue weighted by Crippen LogP contribution is -2.42. The van der Waals surface area contributed by atoms with Crippen LogP contribution in [0.2, 0.25) is 0 Å². The number of nitrogens with one attached hydrogen (secondary N) is 1. The number of nitrogens with zero attached hydrogens (tertiary/aromatic N) is 2. The van der Waals surface area contributed by atoms with Gasteiger partial charge in [-0.05, 0) is 75.1 Å². The minimum absolute atomic E-state index is 0.267. The van der Waals surface area contributed by atoms with Crippen molar-refractivity contribution in [2.75, 3.05) is 13.2 Å². The summed E-state index contributed by atoms with van der Waals surface area (Å²) in [5.41, 5.74) is 3.89. The van der Waals surface area contributed by atoms with Crippen molar-refractivity contribution < 1.29 is 19.1 Å². The number of aromatic nitrogens is 1. The van der Waals surface area contributed by atoms with Crippen LogP contribution < -0.4 is 10.1 Å². The molecule has 1 aromatic heterocycles. The smallest absolute Gasteiger partial charge is 0.325 e. The molecule has 1 fully saturated rings. The maximum Gasteiger partial charge on any atom is 0.325 e. The van der Waals surface area contributed by atoms with Crippen LogP contribution in [0.15, 0.2) is 54.6 Å². The summed E-state index contributed by atoms with van der Waals surface area (Å²) in [6.45, 7) is 6.04. The highest BCUT2D eigenvalue weighted by Gasteiger charge is 2.55. The average Bonchev–Trinajstić information content (AvgIpc) is 3.43. The molecule has 0 saturated carbocycles. The van der Waals surface area contributed by atoms with Crippen LogP contribution in [0.1, 0.15) is 46.2 Å². The van der Waals surface area contributed by atoms with E-state index in [1.54, 1.807) is 0 Å². The molecule has 1 aliphatic heterocycles. The van der Waals surface area contributed by atoms with E-state index in [1.165, 1.54) is 0 Å². The van der Waals surface area contributed by atoms with Gasteiger partial charge in [0.2, 0.25) is 0 Å². The zero-order valence-electron chi connectivity index (χ0n) is 19.6. The predicted molar refractivity (Wildman–Crippen MR) is 127 cm³/mol. The van der Waals surface area contributed by atoms with E-state index < -0.39 is 11.6 Å². The molecule has 1 unspecified atom stereocenters. The number of imide groups is 1. The Hall–Kier alpha value is -3.87. The highest BCUT2D eigenvalue weighted by molar-refractivity contribution is 6.12. The van der Waals surface area contributed by atoms with Crippen molar-refractivity contribution in [3.05, 3.63) is 82.7 Å². The minimum Gasteiger partial charge on any atom is -0.494 e. The molecule has 1 aliphatic carbocycles. The van der Waals surface area contributed by atoms with Crippen LogP contribution in [0.3, 0.4) is 0 Å². The van der Waals surface area contributed by atoms with Crippen LogP contribution in [0.25, 0.3) is 5.69 Å². The van der Waals surface area contributed by atoms with Crippen LogP contribution in [-0.2, 0) is 16.8 Å². The van der Waals surface area contributed by atoms with E-state index in [9.17, 15) is 14.4 Å². The van der Waals surface area contributed by atoms with Gasteiger partial charge in [0.05, 0.1) is 13.2 Å². The monoisotopic (exact) mass is 457 g/mol. The molecule has 3 aromatic rings. The van der Waals surface area contributed by atoms with Gasteiger partial charge in [0, 0.05) is 22.6 Å². The van der Waals surface area contributed by atoms with E-state index in [0.717, 1.165) is 38.9 Å². The first-order chi connectivity index (χ1) is 16.4. The number of hydrogen-bond acceptors (Lipinski definition) is 4. The summed E-state index contributed by atoms with van der Waals surface area (Å²) in [6.07, 6.45) is 1.22. The molecule has 2 aromatic carbocycles. The molecule has 2 heterocycles. The standard InChI is InChI=1S/C27H27N3O4/c1-4-34-21-11-9-20(10-12-21)30-17(2)15-22(18(30)3)24(31)16-29-25(32)27(28-26(29)33)14-13-19-7-5-6-8-23(19)27/h5-12,15H,4,13-14,16H2,1-3H3,(H,28,33). The number of benzene rings is 2. The van der Waals surface area contributed by atoms with Gasteiger partial charge >= 0.3 is 6.03 Å². The Balaban J connectivity index is 1.40. The molecule has 1 spiro atoms. The number of urea groups is 1. The molecule has 1 atom stereocenters. The Bertz CT molecular complexity index is 1310. The Labute approximate surface area is 198 Å². The third kappa shape index (κ3) is 3.31. The van der Waals surface area contributed by atoms with Gasteiger partial charge in [0.1, 0.15) is 11.3 Å². The summed E-state index contributed by atoms with van der Waals surface area (Å²) in [7, 11) is 0. The van der Waals surface area contributed by atoms with Gasteiger partial charge in [0.25, 0.3) is 5.91 Å². The molecule has 1 saturated heterocycles. The Morgan fingerprint density at radius 1 is 1.09 bits per heavy atom. The first kappa shape index (κ1) is 21.9. The average molecular weight is 458 g/mol. The maximum atomic E-state index is 13.4. The van der Waals surface area contributed by atoms with E-state index >= 15 is 0 Å². The Morgan fingerprint density at radius 2 is 1.82 bits per heavy atom. The molecular weight excluding hydrogens is 430 g/mol. The van der Waals surface area contributed by atoms with Crippen LogP contribution >= 0.6 is 0 Å². The molecule has 3 amide bonds. The SMILES string of the molecule is CCOc1ccc(-n2c(C)cc(C(=O)CN3C(=O)NC4(CCc5ccccc54)C3=O)c2C)cc1. The first-order valence-electron chi connectivity index (χ1n) is 11.5. The minimum atomic E-state index is -1.06. The number of rotatable bonds is 6. The van der Waals surface area contributed by atoms with E-state index in [0.29, 0.717) is 25.0 Å². The zero-order chi connectivity index (χ0) is 24.0. The van der Waals surface area contributed by atoms with Crippen LogP contribution in [0.4, 0.5) is 4.79 Å². The van der Waals surface area contributed by atoms with Gasteiger partial charge in [-0.1, -0.05) is 24.3 Å². The van der Waals surface area contributed by atoms with Gasteiger partial charge in [-0.15, -0.1) is 0 Å². The normalized spacial score (nSPS) is 19.0. The van der Waals surface area contributed by atoms with Crippen molar-refractivity contribution in [2.24, 2.45) is 0 Å². The van der Waals surface area contributed by atoms with Crippen LogP contribution in [0.5, 0.6) is 5.75 Å². The van der Waals surface area contributed by atoms with Crippen molar-refractivity contribution in [2.45, 2.75) is 39.2 Å². The fourth-order valence-corrected chi connectivity index (χ4v) is 5.26. The molecule has 5 rings (SSSR count). The molecule has 174 valence electrons. The summed E-state index contributed by atoms with van der Waals surface area (Å²) >= 11 is 0. The molecule has 7 heteroatoms. The Kier molecular flexibility index (Phi) is 5.27. The van der Waals surface area contributed by atoms with Crippen molar-refractivity contribution in [3.8, 4) is 11.4 Å². The molecule has 1 N–H and O–H groups in total. The highest BCUT2D eigenvalue weighted by atomic mass is 16.5. The van der Waals surface area contributed by atoms with Crippen LogP contribution in [-0.4, -0.2) is 40.3 Å². The number of fused-ring (bicyclic) bond motifs is 2. The van der Waals surface area contributed by atoms with Gasteiger partial charge < -0.3 is 14.6 Å². The molecule has 0 bridgehead atoms. The Morgan fingerprint density at radius 3 is 2.56 bits per heavy atom. The van der Waals surface area contributed by atoms with Gasteiger partial charge in [0.15, 0.2) is 5.78 Å². The number of aryl methyl sites for hydroxylation is 2. The van der Waals surface area contributed by atoms with Gasteiger partial charge in [-0.3, -0.25) is 14.5 Å². The largest absolute Gasteiger partial charge is 0.494 e. The van der Waals surface area contributed by atoms with E-state index in [1.807, 2.05) is 79.9 Å². The zero-order valence-corrected chi connectivity index (χ0v) is 19.6. The van der Waals surface area contributed by atoms with Crippen molar-refractivity contribution in [1.82, 2.24) is 14.8 Å². The quantitative estimate of drug-likeness (QED) is 0.447. The lowest BCUT2D eigenvalue weighted by atomic mass is 9.92. The second-order valence-corrected chi connectivity index (χ2v) is 8.85. The fraction of sp³-hybridized carbons (Fsp3) is 0.296. The summed E-state index contributed by atoms with van der Waals surface area (Å²) in [5.74, 6) is 0.166. The van der Waals surface area contributed by atoms with E-state index in [-0.39, 0.29) is 18.2 Å². The van der Waals surface area contributed by atoms with Crippen molar-refractivity contribution >= 4 is 17.7 Å². The van der Waals surface area contributed by atoms with Crippen molar-refractivity contribution in [1.29, 1.82) is 0 Å². The third-order valence-electron chi connectivity index (χ3n) is 6.86. The number of ketones is 1. The molecule has 0 radical (unpaired) electrons. The van der Waals surface area contributed by atoms with Gasteiger partial charge in [-0.2, -0.15) is 0 Å². The topological polar surface area (TPSA) is 80.6 Å². The summed E-state index contributed by atoms with van der Waals surface area (Å²) < 4.78 is 7.51.